The second-order valence-electron chi connectivity index (χ2n) is 8.79. The summed E-state index contributed by atoms with van der Waals surface area (Å²) in [7, 11) is 2.15. The number of carbonyl (C=O) groups is 1. The molecule has 1 aliphatic carbocycles. The lowest BCUT2D eigenvalue weighted by Gasteiger charge is -2.35. The molecule has 154 valence electrons. The average molecular weight is 381 g/mol. The summed E-state index contributed by atoms with van der Waals surface area (Å²) in [6, 6.07) is -0.0624. The molecule has 8 heteroatoms. The fourth-order valence-corrected chi connectivity index (χ4v) is 4.81. The summed E-state index contributed by atoms with van der Waals surface area (Å²) >= 11 is 0. The van der Waals surface area contributed by atoms with E-state index in [0.717, 1.165) is 58.2 Å². The highest BCUT2D eigenvalue weighted by molar-refractivity contribution is 5.82. The third kappa shape index (κ3) is 5.19. The lowest BCUT2D eigenvalue weighted by atomic mass is 9.89. The summed E-state index contributed by atoms with van der Waals surface area (Å²) in [4.78, 5) is 23.0. The maximum Gasteiger partial charge on any atom is 0.239 e. The standard InChI is InChI=1S/C19H36N6O2/c1-23-7-9-24(10-8-23)18-11-17(22-27-18)19(26)21-16-12-20-25(14-16)13-15-5-3-2-4-6-15/h15-18,20,22H,2-14H2,1H3,(H,21,26). The van der Waals surface area contributed by atoms with Crippen molar-refractivity contribution in [3.05, 3.63) is 0 Å². The largest absolute Gasteiger partial charge is 0.349 e. The first kappa shape index (κ1) is 19.5. The van der Waals surface area contributed by atoms with Gasteiger partial charge in [-0.1, -0.05) is 19.3 Å². The highest BCUT2D eigenvalue weighted by atomic mass is 16.7. The molecule has 0 spiro atoms. The van der Waals surface area contributed by atoms with Crippen LogP contribution in [-0.2, 0) is 9.63 Å². The van der Waals surface area contributed by atoms with Gasteiger partial charge in [0.15, 0.2) is 0 Å². The maximum absolute atomic E-state index is 12.7. The lowest BCUT2D eigenvalue weighted by molar-refractivity contribution is -0.125. The number of hydrazine groups is 1. The number of piperazine rings is 1. The van der Waals surface area contributed by atoms with E-state index in [4.69, 9.17) is 4.84 Å². The van der Waals surface area contributed by atoms with E-state index in [-0.39, 0.29) is 24.2 Å². The number of hydrogen-bond donors (Lipinski definition) is 3. The van der Waals surface area contributed by atoms with E-state index in [1.165, 1.54) is 32.1 Å². The van der Waals surface area contributed by atoms with E-state index in [2.05, 4.69) is 38.1 Å². The quantitative estimate of drug-likeness (QED) is 0.607. The number of amides is 1. The second kappa shape index (κ2) is 9.15. The van der Waals surface area contributed by atoms with Crippen LogP contribution in [0.2, 0.25) is 0 Å². The van der Waals surface area contributed by atoms with Gasteiger partial charge in [-0.15, -0.1) is 0 Å². The number of rotatable bonds is 5. The van der Waals surface area contributed by atoms with Gasteiger partial charge in [0.25, 0.3) is 0 Å². The second-order valence-corrected chi connectivity index (χ2v) is 8.79. The van der Waals surface area contributed by atoms with Gasteiger partial charge in [0.2, 0.25) is 5.91 Å². The van der Waals surface area contributed by atoms with Crippen LogP contribution in [0.15, 0.2) is 0 Å². The summed E-state index contributed by atoms with van der Waals surface area (Å²) in [5.74, 6) is 0.882. The molecule has 1 amide bonds. The molecule has 27 heavy (non-hydrogen) atoms. The number of nitrogens with zero attached hydrogens (tertiary/aromatic N) is 3. The Morgan fingerprint density at radius 3 is 2.70 bits per heavy atom. The Bertz CT molecular complexity index is 493. The number of nitrogens with one attached hydrogen (secondary N) is 3. The molecule has 3 aliphatic heterocycles. The summed E-state index contributed by atoms with van der Waals surface area (Å²) in [5, 5.41) is 5.52. The van der Waals surface area contributed by atoms with Gasteiger partial charge in [0.05, 0.1) is 6.04 Å². The molecule has 0 bridgehead atoms. The fourth-order valence-electron chi connectivity index (χ4n) is 4.81. The molecule has 3 saturated heterocycles. The lowest BCUT2D eigenvalue weighted by Crippen LogP contribution is -2.49. The van der Waals surface area contributed by atoms with Crippen molar-refractivity contribution < 1.29 is 9.63 Å². The maximum atomic E-state index is 12.7. The SMILES string of the molecule is CN1CCN(C2CC(C(=O)NC3CNN(CC4CCCCC4)C3)NO2)CC1. The molecule has 1 saturated carbocycles. The van der Waals surface area contributed by atoms with Crippen molar-refractivity contribution >= 4 is 5.91 Å². The predicted molar refractivity (Wildman–Crippen MR) is 104 cm³/mol. The van der Waals surface area contributed by atoms with Gasteiger partial charge in [-0.05, 0) is 25.8 Å². The Balaban J connectivity index is 1.17. The normalized spacial score (nSPS) is 34.9. The Labute approximate surface area is 162 Å². The van der Waals surface area contributed by atoms with Gasteiger partial charge < -0.3 is 10.2 Å². The highest BCUT2D eigenvalue weighted by Crippen LogP contribution is 2.24. The summed E-state index contributed by atoms with van der Waals surface area (Å²) in [5.41, 5.74) is 6.43. The van der Waals surface area contributed by atoms with Crippen molar-refractivity contribution in [3.8, 4) is 0 Å². The Hall–Kier alpha value is -0.770. The van der Waals surface area contributed by atoms with Crippen LogP contribution in [0.25, 0.3) is 0 Å². The van der Waals surface area contributed by atoms with E-state index in [1.807, 2.05) is 0 Å². The van der Waals surface area contributed by atoms with Crippen molar-refractivity contribution in [2.75, 3.05) is 52.9 Å². The van der Waals surface area contributed by atoms with E-state index >= 15 is 0 Å². The molecule has 0 aromatic rings. The molecule has 3 heterocycles. The van der Waals surface area contributed by atoms with Crippen molar-refractivity contribution in [2.45, 2.75) is 56.8 Å². The monoisotopic (exact) mass is 380 g/mol. The van der Waals surface area contributed by atoms with Crippen LogP contribution in [-0.4, -0.2) is 91.9 Å². The van der Waals surface area contributed by atoms with Crippen molar-refractivity contribution in [1.29, 1.82) is 0 Å². The highest BCUT2D eigenvalue weighted by Gasteiger charge is 2.36. The van der Waals surface area contributed by atoms with Gasteiger partial charge in [0.1, 0.15) is 12.3 Å². The zero-order valence-electron chi connectivity index (χ0n) is 16.7. The number of likely N-dealkylation sites (N-methyl/N-ethyl adjacent to an activating group) is 1. The van der Waals surface area contributed by atoms with Crippen LogP contribution >= 0.6 is 0 Å². The first-order chi connectivity index (χ1) is 13.2. The number of hydroxylamine groups is 1. The molecule has 4 rings (SSSR count). The molecule has 0 aromatic carbocycles. The van der Waals surface area contributed by atoms with Gasteiger partial charge in [-0.25, -0.2) is 5.01 Å². The molecule has 4 aliphatic rings. The van der Waals surface area contributed by atoms with Crippen LogP contribution in [0.3, 0.4) is 0 Å². The molecular weight excluding hydrogens is 344 g/mol. The van der Waals surface area contributed by atoms with Crippen LogP contribution in [0.4, 0.5) is 0 Å². The third-order valence-electron chi connectivity index (χ3n) is 6.60. The van der Waals surface area contributed by atoms with Crippen molar-refractivity contribution in [3.63, 3.8) is 0 Å². The van der Waals surface area contributed by atoms with Gasteiger partial charge in [0, 0.05) is 52.2 Å². The average Bonchev–Trinajstić information content (AvgIpc) is 3.33. The van der Waals surface area contributed by atoms with Crippen molar-refractivity contribution in [1.82, 2.24) is 31.0 Å². The summed E-state index contributed by atoms with van der Waals surface area (Å²) < 4.78 is 0. The topological polar surface area (TPSA) is 72.1 Å². The molecular formula is C19H36N6O2. The molecule has 3 N–H and O–H groups in total. The number of hydrogen-bond acceptors (Lipinski definition) is 7. The third-order valence-corrected chi connectivity index (χ3v) is 6.60. The van der Waals surface area contributed by atoms with E-state index in [9.17, 15) is 4.79 Å². The minimum atomic E-state index is -0.248. The van der Waals surface area contributed by atoms with Gasteiger partial charge in [-0.2, -0.15) is 5.48 Å². The molecule has 8 nitrogen and oxygen atoms in total. The van der Waals surface area contributed by atoms with Gasteiger partial charge >= 0.3 is 0 Å². The Morgan fingerprint density at radius 1 is 1.15 bits per heavy atom. The molecule has 0 aromatic heterocycles. The van der Waals surface area contributed by atoms with Gasteiger partial charge in [-0.3, -0.25) is 20.0 Å². The first-order valence-corrected chi connectivity index (χ1v) is 10.8. The molecule has 0 radical (unpaired) electrons. The smallest absolute Gasteiger partial charge is 0.239 e. The number of carbonyl (C=O) groups excluding carboxylic acids is 1. The fraction of sp³-hybridized carbons (Fsp3) is 0.947. The molecule has 4 fully saturated rings. The molecule has 3 unspecified atom stereocenters. The summed E-state index contributed by atoms with van der Waals surface area (Å²) in [6.07, 6.45) is 7.59. The zero-order valence-corrected chi connectivity index (χ0v) is 16.7. The Morgan fingerprint density at radius 2 is 1.93 bits per heavy atom. The first-order valence-electron chi connectivity index (χ1n) is 10.8. The molecule has 3 atom stereocenters. The van der Waals surface area contributed by atoms with E-state index < -0.39 is 0 Å². The predicted octanol–water partition coefficient (Wildman–Crippen LogP) is -0.261. The van der Waals surface area contributed by atoms with E-state index in [0.29, 0.717) is 0 Å². The minimum absolute atomic E-state index is 0.0129. The van der Waals surface area contributed by atoms with Crippen LogP contribution in [0, 0.1) is 5.92 Å². The van der Waals surface area contributed by atoms with Crippen molar-refractivity contribution in [2.24, 2.45) is 5.92 Å². The summed E-state index contributed by atoms with van der Waals surface area (Å²) in [6.45, 7) is 6.95. The van der Waals surface area contributed by atoms with Crippen LogP contribution < -0.4 is 16.2 Å². The Kier molecular flexibility index (Phi) is 6.62. The van der Waals surface area contributed by atoms with Crippen LogP contribution in [0.1, 0.15) is 38.5 Å². The minimum Gasteiger partial charge on any atom is -0.349 e. The van der Waals surface area contributed by atoms with E-state index in [1.54, 1.807) is 0 Å². The zero-order chi connectivity index (χ0) is 18.6. The van der Waals surface area contributed by atoms with Crippen LogP contribution in [0.5, 0.6) is 0 Å².